The number of carboxylic acid groups (broad SMARTS) is 1. The van der Waals surface area contributed by atoms with Crippen molar-refractivity contribution in [3.8, 4) is 6.07 Å². The summed E-state index contributed by atoms with van der Waals surface area (Å²) in [7, 11) is 0. The molecular weight excluding hydrogens is 286 g/mol. The lowest BCUT2D eigenvalue weighted by molar-refractivity contribution is -0.112. The number of likely N-dealkylation sites (N-methyl/N-ethyl adjacent to an activating group) is 1. The van der Waals surface area contributed by atoms with E-state index in [1.54, 1.807) is 11.0 Å². The van der Waals surface area contributed by atoms with Gasteiger partial charge in [0, 0.05) is 25.0 Å². The first-order chi connectivity index (χ1) is 10.5. The number of nitriles is 1. The predicted molar refractivity (Wildman–Crippen MR) is 80.1 cm³/mol. The molecule has 0 bridgehead atoms. The number of rotatable bonds is 7. The van der Waals surface area contributed by atoms with Crippen molar-refractivity contribution in [3.63, 3.8) is 0 Å². The lowest BCUT2D eigenvalue weighted by atomic mass is 10.2. The molecule has 3 N–H and O–H groups in total. The minimum absolute atomic E-state index is 0.0820. The van der Waals surface area contributed by atoms with E-state index in [2.05, 4.69) is 5.32 Å². The topological polar surface area (TPSA) is 114 Å². The van der Waals surface area contributed by atoms with Gasteiger partial charge < -0.3 is 20.4 Å². The molecule has 0 saturated heterocycles. The number of aliphatic hydroxyl groups excluding tert-OH is 1. The van der Waals surface area contributed by atoms with Crippen LogP contribution in [0.4, 0.5) is 5.69 Å². The molecule has 1 aromatic carbocycles. The van der Waals surface area contributed by atoms with Gasteiger partial charge in [-0.15, -0.1) is 0 Å². The molecule has 7 nitrogen and oxygen atoms in total. The number of amides is 1. The maximum atomic E-state index is 12.0. The second kappa shape index (κ2) is 8.44. The number of aromatic carboxylic acids is 1. The molecule has 0 unspecified atom stereocenters. The van der Waals surface area contributed by atoms with E-state index in [1.165, 1.54) is 30.5 Å². The molecule has 1 rings (SSSR count). The quantitative estimate of drug-likeness (QED) is 0.512. The number of carboxylic acids is 1. The Balaban J connectivity index is 2.83. The summed E-state index contributed by atoms with van der Waals surface area (Å²) in [5.74, 6) is -1.65. The number of nitrogens with one attached hydrogen (secondary N) is 1. The lowest BCUT2D eigenvalue weighted by Gasteiger charge is -2.17. The summed E-state index contributed by atoms with van der Waals surface area (Å²) in [5.41, 5.74) is 0.396. The van der Waals surface area contributed by atoms with Crippen molar-refractivity contribution in [1.82, 2.24) is 4.90 Å². The molecule has 0 radical (unpaired) electrons. The minimum Gasteiger partial charge on any atom is -0.478 e. The van der Waals surface area contributed by atoms with Crippen LogP contribution < -0.4 is 5.32 Å². The molecule has 7 heteroatoms. The van der Waals surface area contributed by atoms with Crippen LogP contribution in [0.5, 0.6) is 0 Å². The molecule has 0 heterocycles. The summed E-state index contributed by atoms with van der Waals surface area (Å²) in [6.07, 6.45) is 1.39. The first kappa shape index (κ1) is 17.2. The summed E-state index contributed by atoms with van der Waals surface area (Å²) in [6.45, 7) is 2.62. The molecule has 116 valence electrons. The first-order valence-electron chi connectivity index (χ1n) is 6.63. The van der Waals surface area contributed by atoms with E-state index >= 15 is 0 Å². The number of carbonyl (C=O) groups is 2. The van der Waals surface area contributed by atoms with E-state index in [9.17, 15) is 9.59 Å². The van der Waals surface area contributed by atoms with Crippen molar-refractivity contribution in [2.45, 2.75) is 6.92 Å². The van der Waals surface area contributed by atoms with Gasteiger partial charge in [0.15, 0.2) is 0 Å². The molecule has 0 aromatic heterocycles. The summed E-state index contributed by atoms with van der Waals surface area (Å²) in [4.78, 5) is 24.4. The van der Waals surface area contributed by atoms with Gasteiger partial charge in [-0.05, 0) is 31.2 Å². The third-order valence-electron chi connectivity index (χ3n) is 2.86. The normalized spacial score (nSPS) is 10.7. The number of carbonyl (C=O) groups excluding carboxylic acids is 1. The van der Waals surface area contributed by atoms with E-state index in [1.807, 2.05) is 6.92 Å². The van der Waals surface area contributed by atoms with Gasteiger partial charge in [0.2, 0.25) is 0 Å². The number of hydrogen-bond donors (Lipinski definition) is 3. The number of benzene rings is 1. The molecule has 0 aliphatic rings. The molecule has 22 heavy (non-hydrogen) atoms. The highest BCUT2D eigenvalue weighted by Gasteiger charge is 2.11. The first-order valence-corrected chi connectivity index (χ1v) is 6.63. The van der Waals surface area contributed by atoms with Crippen molar-refractivity contribution in [3.05, 3.63) is 41.6 Å². The van der Waals surface area contributed by atoms with Crippen LogP contribution in [0.15, 0.2) is 36.0 Å². The molecule has 0 fully saturated rings. The van der Waals surface area contributed by atoms with E-state index in [0.29, 0.717) is 18.8 Å². The van der Waals surface area contributed by atoms with E-state index in [-0.39, 0.29) is 17.7 Å². The summed E-state index contributed by atoms with van der Waals surface area (Å²) < 4.78 is 0. The van der Waals surface area contributed by atoms with Gasteiger partial charge in [0.1, 0.15) is 11.6 Å². The molecule has 1 amide bonds. The maximum Gasteiger partial charge on any atom is 0.335 e. The van der Waals surface area contributed by atoms with E-state index in [4.69, 9.17) is 15.5 Å². The number of anilines is 1. The number of nitrogens with zero attached hydrogens (tertiary/aromatic N) is 2. The Morgan fingerprint density at radius 1 is 1.36 bits per heavy atom. The predicted octanol–water partition coefficient (Wildman–Crippen LogP) is 1.04. The molecule has 0 saturated carbocycles. The fourth-order valence-electron chi connectivity index (χ4n) is 1.66. The zero-order chi connectivity index (χ0) is 16.5. The van der Waals surface area contributed by atoms with E-state index < -0.39 is 11.9 Å². The van der Waals surface area contributed by atoms with Crippen molar-refractivity contribution in [2.75, 3.05) is 25.0 Å². The van der Waals surface area contributed by atoms with Crippen LogP contribution in [0.2, 0.25) is 0 Å². The summed E-state index contributed by atoms with van der Waals surface area (Å²) in [5, 5.41) is 29.3. The third kappa shape index (κ3) is 4.92. The largest absolute Gasteiger partial charge is 0.478 e. The van der Waals surface area contributed by atoms with Crippen LogP contribution in [0.25, 0.3) is 0 Å². The Morgan fingerprint density at radius 2 is 2.00 bits per heavy atom. The van der Waals surface area contributed by atoms with Crippen LogP contribution in [-0.4, -0.2) is 46.7 Å². The molecular formula is C15H17N3O4. The Bertz CT molecular complexity index is 602. The van der Waals surface area contributed by atoms with Gasteiger partial charge in [-0.3, -0.25) is 4.79 Å². The maximum absolute atomic E-state index is 12.0. The Labute approximate surface area is 128 Å². The van der Waals surface area contributed by atoms with Crippen molar-refractivity contribution < 1.29 is 19.8 Å². The average molecular weight is 303 g/mol. The van der Waals surface area contributed by atoms with Crippen LogP contribution in [0.3, 0.4) is 0 Å². The zero-order valence-corrected chi connectivity index (χ0v) is 12.1. The summed E-state index contributed by atoms with van der Waals surface area (Å²) >= 11 is 0. The molecule has 0 spiro atoms. The van der Waals surface area contributed by atoms with Crippen molar-refractivity contribution >= 4 is 17.6 Å². The van der Waals surface area contributed by atoms with Gasteiger partial charge in [0.05, 0.1) is 12.2 Å². The standard InChI is InChI=1S/C15H17N3O4/c1-2-18(7-8-19)10-12(9-16)14(20)17-13-5-3-11(4-6-13)15(21)22/h3-6,10,19H,2,7-8H2,1H3,(H,17,20)(H,21,22)/b12-10-. The fourth-order valence-corrected chi connectivity index (χ4v) is 1.66. The second-order valence-electron chi connectivity index (χ2n) is 4.34. The smallest absolute Gasteiger partial charge is 0.335 e. The highest BCUT2D eigenvalue weighted by molar-refractivity contribution is 6.06. The van der Waals surface area contributed by atoms with Gasteiger partial charge in [-0.25, -0.2) is 4.79 Å². The number of aliphatic hydroxyl groups is 1. The summed E-state index contributed by atoms with van der Waals surface area (Å²) in [6, 6.07) is 7.42. The van der Waals surface area contributed by atoms with Gasteiger partial charge in [-0.1, -0.05) is 0 Å². The Kier molecular flexibility index (Phi) is 6.60. The Hall–Kier alpha value is -2.85. The number of hydrogen-bond acceptors (Lipinski definition) is 5. The average Bonchev–Trinajstić information content (AvgIpc) is 2.51. The van der Waals surface area contributed by atoms with Gasteiger partial charge in [-0.2, -0.15) is 5.26 Å². The monoisotopic (exact) mass is 303 g/mol. The Morgan fingerprint density at radius 3 is 2.45 bits per heavy atom. The van der Waals surface area contributed by atoms with Crippen LogP contribution in [0, 0.1) is 11.3 Å². The highest BCUT2D eigenvalue weighted by Crippen LogP contribution is 2.11. The second-order valence-corrected chi connectivity index (χ2v) is 4.34. The van der Waals surface area contributed by atoms with Gasteiger partial charge >= 0.3 is 5.97 Å². The molecule has 0 aliphatic heterocycles. The van der Waals surface area contributed by atoms with E-state index in [0.717, 1.165) is 0 Å². The van der Waals surface area contributed by atoms with Crippen LogP contribution >= 0.6 is 0 Å². The highest BCUT2D eigenvalue weighted by atomic mass is 16.4. The van der Waals surface area contributed by atoms with Gasteiger partial charge in [0.25, 0.3) is 5.91 Å². The zero-order valence-electron chi connectivity index (χ0n) is 12.1. The van der Waals surface area contributed by atoms with Crippen LogP contribution in [-0.2, 0) is 4.79 Å². The fraction of sp³-hybridized carbons (Fsp3) is 0.267. The lowest BCUT2D eigenvalue weighted by Crippen LogP contribution is -2.23. The molecule has 0 aliphatic carbocycles. The third-order valence-corrected chi connectivity index (χ3v) is 2.86. The SMILES string of the molecule is CCN(/C=C(/C#N)C(=O)Nc1ccc(C(=O)O)cc1)CCO. The molecule has 1 aromatic rings. The van der Waals surface area contributed by atoms with Crippen molar-refractivity contribution in [2.24, 2.45) is 0 Å². The minimum atomic E-state index is -1.06. The van der Waals surface area contributed by atoms with Crippen molar-refractivity contribution in [1.29, 1.82) is 5.26 Å². The van der Waals surface area contributed by atoms with Crippen LogP contribution in [0.1, 0.15) is 17.3 Å². The molecule has 0 atom stereocenters.